The SMILES string of the molecule is O=C(O)CNC(=O)C(CO)NC(=O)C(Cc1ccccc1)NC(=O)C1CCCN1. The van der Waals surface area contributed by atoms with E-state index in [2.05, 4.69) is 21.3 Å². The van der Waals surface area contributed by atoms with Gasteiger partial charge in [-0.25, -0.2) is 0 Å². The maximum absolute atomic E-state index is 12.8. The molecule has 0 spiro atoms. The van der Waals surface area contributed by atoms with Gasteiger partial charge in [0.1, 0.15) is 18.6 Å². The molecule has 0 bridgehead atoms. The van der Waals surface area contributed by atoms with E-state index in [1.165, 1.54) is 0 Å². The molecule has 1 saturated heterocycles. The lowest BCUT2D eigenvalue weighted by Gasteiger charge is -2.23. The van der Waals surface area contributed by atoms with Crippen LogP contribution in [0.5, 0.6) is 0 Å². The van der Waals surface area contributed by atoms with Crippen molar-refractivity contribution < 1.29 is 29.4 Å². The summed E-state index contributed by atoms with van der Waals surface area (Å²) in [4.78, 5) is 47.8. The molecule has 0 aromatic heterocycles. The molecule has 1 aromatic rings. The Morgan fingerprint density at radius 1 is 1.07 bits per heavy atom. The molecule has 3 amide bonds. The molecule has 1 aromatic carbocycles. The molecule has 0 saturated carbocycles. The maximum atomic E-state index is 12.8. The van der Waals surface area contributed by atoms with E-state index in [1.54, 1.807) is 12.1 Å². The molecule has 1 fully saturated rings. The van der Waals surface area contributed by atoms with Crippen LogP contribution in [0.2, 0.25) is 0 Å². The van der Waals surface area contributed by atoms with Gasteiger partial charge in [0.05, 0.1) is 12.6 Å². The summed E-state index contributed by atoms with van der Waals surface area (Å²) in [6.07, 6.45) is 1.73. The van der Waals surface area contributed by atoms with Crippen LogP contribution >= 0.6 is 0 Å². The van der Waals surface area contributed by atoms with Crippen LogP contribution in [0.15, 0.2) is 30.3 Å². The van der Waals surface area contributed by atoms with Crippen molar-refractivity contribution in [2.45, 2.75) is 37.4 Å². The van der Waals surface area contributed by atoms with Crippen molar-refractivity contribution in [2.75, 3.05) is 19.7 Å². The predicted molar refractivity (Wildman–Crippen MR) is 103 cm³/mol. The number of aliphatic carboxylic acids is 1. The first-order valence-corrected chi connectivity index (χ1v) is 9.39. The lowest BCUT2D eigenvalue weighted by molar-refractivity contribution is -0.139. The highest BCUT2D eigenvalue weighted by molar-refractivity contribution is 5.94. The molecular formula is C19H26N4O6. The Kier molecular flexibility index (Phi) is 8.56. The van der Waals surface area contributed by atoms with Crippen LogP contribution in [-0.2, 0) is 25.6 Å². The minimum Gasteiger partial charge on any atom is -0.480 e. The summed E-state index contributed by atoms with van der Waals surface area (Å²) in [6.45, 7) is -0.625. The molecule has 1 heterocycles. The Morgan fingerprint density at radius 3 is 2.38 bits per heavy atom. The molecule has 158 valence electrons. The highest BCUT2D eigenvalue weighted by Gasteiger charge is 2.30. The van der Waals surface area contributed by atoms with Gasteiger partial charge in [-0.3, -0.25) is 19.2 Å². The molecule has 0 aliphatic carbocycles. The normalized spacial score (nSPS) is 17.8. The van der Waals surface area contributed by atoms with Crippen molar-refractivity contribution >= 4 is 23.7 Å². The minimum absolute atomic E-state index is 0.194. The lowest BCUT2D eigenvalue weighted by Crippen LogP contribution is -2.57. The summed E-state index contributed by atoms with van der Waals surface area (Å²) in [7, 11) is 0. The first-order chi connectivity index (χ1) is 13.9. The molecule has 2 rings (SSSR count). The largest absolute Gasteiger partial charge is 0.480 e. The standard InChI is InChI=1S/C19H26N4O6/c24-11-15(17(27)21-10-16(25)26)23-19(29)14(9-12-5-2-1-3-6-12)22-18(28)13-7-4-8-20-13/h1-3,5-6,13-15,20,24H,4,7-11H2,(H,21,27)(H,22,28)(H,23,29)(H,25,26). The highest BCUT2D eigenvalue weighted by atomic mass is 16.4. The van der Waals surface area contributed by atoms with Gasteiger partial charge in [-0.05, 0) is 24.9 Å². The van der Waals surface area contributed by atoms with E-state index in [0.29, 0.717) is 6.42 Å². The van der Waals surface area contributed by atoms with E-state index >= 15 is 0 Å². The molecule has 29 heavy (non-hydrogen) atoms. The topological polar surface area (TPSA) is 157 Å². The predicted octanol–water partition coefficient (Wildman–Crippen LogP) is -1.86. The molecule has 10 heteroatoms. The van der Waals surface area contributed by atoms with E-state index in [1.807, 2.05) is 18.2 Å². The van der Waals surface area contributed by atoms with Crippen LogP contribution < -0.4 is 21.3 Å². The van der Waals surface area contributed by atoms with E-state index in [0.717, 1.165) is 18.5 Å². The fourth-order valence-electron chi connectivity index (χ4n) is 2.99. The van der Waals surface area contributed by atoms with Crippen LogP contribution in [0.25, 0.3) is 0 Å². The average Bonchev–Trinajstić information content (AvgIpc) is 3.25. The second-order valence-corrected chi connectivity index (χ2v) is 6.76. The quantitative estimate of drug-likeness (QED) is 0.266. The van der Waals surface area contributed by atoms with Crippen LogP contribution in [0.3, 0.4) is 0 Å². The second kappa shape index (κ2) is 11.1. The zero-order valence-electron chi connectivity index (χ0n) is 15.9. The van der Waals surface area contributed by atoms with E-state index in [-0.39, 0.29) is 18.4 Å². The third kappa shape index (κ3) is 7.16. The summed E-state index contributed by atoms with van der Waals surface area (Å²) < 4.78 is 0. The molecule has 1 aliphatic rings. The second-order valence-electron chi connectivity index (χ2n) is 6.76. The Morgan fingerprint density at radius 2 is 1.79 bits per heavy atom. The number of aliphatic hydroxyl groups excluding tert-OH is 1. The van der Waals surface area contributed by atoms with Crippen molar-refractivity contribution in [3.63, 3.8) is 0 Å². The number of carbonyl (C=O) groups is 4. The zero-order valence-corrected chi connectivity index (χ0v) is 15.9. The number of aliphatic hydroxyl groups is 1. The Bertz CT molecular complexity index is 721. The lowest BCUT2D eigenvalue weighted by atomic mass is 10.0. The zero-order chi connectivity index (χ0) is 21.2. The number of benzene rings is 1. The maximum Gasteiger partial charge on any atom is 0.322 e. The van der Waals surface area contributed by atoms with Crippen LogP contribution in [0.4, 0.5) is 0 Å². The fraction of sp³-hybridized carbons (Fsp3) is 0.474. The Hall–Kier alpha value is -2.98. The summed E-state index contributed by atoms with van der Waals surface area (Å²) in [5.41, 5.74) is 0.809. The smallest absolute Gasteiger partial charge is 0.322 e. The number of nitrogens with one attached hydrogen (secondary N) is 4. The van der Waals surface area contributed by atoms with Crippen molar-refractivity contribution in [1.29, 1.82) is 0 Å². The first kappa shape index (κ1) is 22.3. The third-order valence-corrected chi connectivity index (χ3v) is 4.52. The monoisotopic (exact) mass is 406 g/mol. The van der Waals surface area contributed by atoms with Gasteiger partial charge in [0.2, 0.25) is 17.7 Å². The molecular weight excluding hydrogens is 380 g/mol. The van der Waals surface area contributed by atoms with Gasteiger partial charge in [0, 0.05) is 6.42 Å². The van der Waals surface area contributed by atoms with Gasteiger partial charge in [-0.2, -0.15) is 0 Å². The summed E-state index contributed by atoms with van der Waals surface area (Å²) >= 11 is 0. The van der Waals surface area contributed by atoms with Gasteiger partial charge < -0.3 is 31.5 Å². The summed E-state index contributed by atoms with van der Waals surface area (Å²) in [6, 6.07) is 6.38. The van der Waals surface area contributed by atoms with E-state index < -0.39 is 43.0 Å². The summed E-state index contributed by atoms with van der Waals surface area (Å²) in [5.74, 6) is -3.04. The number of hydrogen-bond acceptors (Lipinski definition) is 6. The molecule has 1 aliphatic heterocycles. The van der Waals surface area contributed by atoms with Gasteiger partial charge in [0.25, 0.3) is 0 Å². The number of rotatable bonds is 10. The van der Waals surface area contributed by atoms with Crippen LogP contribution in [-0.4, -0.2) is 71.7 Å². The fourth-order valence-corrected chi connectivity index (χ4v) is 2.99. The number of carbonyl (C=O) groups excluding carboxylic acids is 3. The highest BCUT2D eigenvalue weighted by Crippen LogP contribution is 2.08. The number of carboxylic acid groups (broad SMARTS) is 1. The number of hydrogen-bond donors (Lipinski definition) is 6. The van der Waals surface area contributed by atoms with Crippen LogP contribution in [0.1, 0.15) is 18.4 Å². The van der Waals surface area contributed by atoms with Crippen molar-refractivity contribution in [2.24, 2.45) is 0 Å². The Labute approximate surface area is 168 Å². The van der Waals surface area contributed by atoms with Crippen LogP contribution in [0, 0.1) is 0 Å². The van der Waals surface area contributed by atoms with Crippen molar-refractivity contribution in [3.05, 3.63) is 35.9 Å². The van der Waals surface area contributed by atoms with E-state index in [9.17, 15) is 24.3 Å². The molecule has 3 unspecified atom stereocenters. The van der Waals surface area contributed by atoms with Gasteiger partial charge in [-0.1, -0.05) is 30.3 Å². The number of carboxylic acids is 1. The molecule has 6 N–H and O–H groups in total. The van der Waals surface area contributed by atoms with Crippen molar-refractivity contribution in [1.82, 2.24) is 21.3 Å². The van der Waals surface area contributed by atoms with Gasteiger partial charge in [0.15, 0.2) is 0 Å². The summed E-state index contributed by atoms with van der Waals surface area (Å²) in [5, 5.41) is 28.3. The molecule has 0 radical (unpaired) electrons. The van der Waals surface area contributed by atoms with Gasteiger partial charge >= 0.3 is 5.97 Å². The molecule has 10 nitrogen and oxygen atoms in total. The van der Waals surface area contributed by atoms with E-state index in [4.69, 9.17) is 5.11 Å². The van der Waals surface area contributed by atoms with Crippen molar-refractivity contribution in [3.8, 4) is 0 Å². The molecule has 3 atom stereocenters. The first-order valence-electron chi connectivity index (χ1n) is 9.39. The average molecular weight is 406 g/mol. The third-order valence-electron chi connectivity index (χ3n) is 4.52. The number of amides is 3. The van der Waals surface area contributed by atoms with Gasteiger partial charge in [-0.15, -0.1) is 0 Å². The Balaban J connectivity index is 2.06. The minimum atomic E-state index is -1.33.